The third-order valence-corrected chi connectivity index (χ3v) is 9.43. The van der Waals surface area contributed by atoms with E-state index in [0.717, 1.165) is 10.2 Å². The lowest BCUT2D eigenvalue weighted by Crippen LogP contribution is -2.51. The third kappa shape index (κ3) is 5.15. The van der Waals surface area contributed by atoms with Gasteiger partial charge in [0.15, 0.2) is 0 Å². The molecule has 10 nitrogen and oxygen atoms in total. The number of carboxylic acids is 1. The molecule has 3 aliphatic rings. The Hall–Kier alpha value is -3.28. The number of fused-ring (bicyclic) bond motifs is 1. The molecule has 13 heteroatoms. The van der Waals surface area contributed by atoms with Crippen molar-refractivity contribution in [3.05, 3.63) is 39.7 Å². The van der Waals surface area contributed by atoms with Gasteiger partial charge in [0.05, 0.1) is 17.4 Å². The minimum Gasteiger partial charge on any atom is -0.487 e. The summed E-state index contributed by atoms with van der Waals surface area (Å²) in [7, 11) is 1.38. The van der Waals surface area contributed by atoms with E-state index in [1.165, 1.54) is 7.05 Å². The molecule has 222 valence electrons. The van der Waals surface area contributed by atoms with E-state index < -0.39 is 29.8 Å². The average molecular weight is 594 g/mol. The molecule has 0 radical (unpaired) electrons. The number of aryl methyl sites for hydroxylation is 1. The zero-order valence-corrected chi connectivity index (χ0v) is 23.9. The lowest BCUT2D eigenvalue weighted by molar-refractivity contribution is -0.159. The molecule has 1 N–H and O–H groups in total. The van der Waals surface area contributed by atoms with Crippen LogP contribution >= 0.6 is 11.6 Å². The van der Waals surface area contributed by atoms with Crippen LogP contribution in [0.15, 0.2) is 12.1 Å². The number of aromatic nitrogens is 3. The molecule has 2 amide bonds. The van der Waals surface area contributed by atoms with E-state index in [2.05, 4.69) is 10.3 Å². The minimum atomic E-state index is -2.80. The number of nitrogens with zero attached hydrogens (tertiary/aromatic N) is 5. The molecule has 1 unspecified atom stereocenters. The van der Waals surface area contributed by atoms with Gasteiger partial charge in [0, 0.05) is 43.7 Å². The van der Waals surface area contributed by atoms with Crippen molar-refractivity contribution < 1.29 is 33.0 Å². The quantitative estimate of drug-likeness (QED) is 0.460. The second-order valence-electron chi connectivity index (χ2n) is 11.1. The molecule has 2 fully saturated rings. The smallest absolute Gasteiger partial charge is 0.310 e. The summed E-state index contributed by atoms with van der Waals surface area (Å²) in [6.45, 7) is 2.55. The number of hydrogen-bond donors (Lipinski definition) is 1. The fourth-order valence-electron chi connectivity index (χ4n) is 6.85. The van der Waals surface area contributed by atoms with Crippen molar-refractivity contribution in [2.24, 2.45) is 18.4 Å². The second kappa shape index (κ2) is 11.5. The second-order valence-corrected chi connectivity index (χ2v) is 11.5. The van der Waals surface area contributed by atoms with Crippen LogP contribution in [0, 0.1) is 11.3 Å². The lowest BCUT2D eigenvalue weighted by Gasteiger charge is -2.43. The summed E-state index contributed by atoms with van der Waals surface area (Å²) < 4.78 is 34.4. The van der Waals surface area contributed by atoms with Crippen LogP contribution in [0.25, 0.3) is 0 Å². The molecule has 2 aromatic rings. The summed E-state index contributed by atoms with van der Waals surface area (Å²) in [5.41, 5.74) is -0.147. The van der Waals surface area contributed by atoms with E-state index in [1.807, 2.05) is 0 Å². The van der Waals surface area contributed by atoms with Crippen LogP contribution in [0.5, 0.6) is 5.75 Å². The number of halogens is 3. The van der Waals surface area contributed by atoms with Gasteiger partial charge in [-0.1, -0.05) is 30.2 Å². The number of alkyl halides is 2. The predicted octanol–water partition coefficient (Wildman–Crippen LogP) is 4.31. The Bertz CT molecular complexity index is 1350. The summed E-state index contributed by atoms with van der Waals surface area (Å²) >= 11 is 6.63. The normalized spacial score (nSPS) is 24.3. The first-order valence-corrected chi connectivity index (χ1v) is 14.4. The van der Waals surface area contributed by atoms with Gasteiger partial charge in [-0.05, 0) is 49.8 Å². The van der Waals surface area contributed by atoms with Crippen LogP contribution in [-0.4, -0.2) is 67.3 Å². The number of rotatable bonds is 9. The molecule has 1 saturated carbocycles. The van der Waals surface area contributed by atoms with Gasteiger partial charge in [0.1, 0.15) is 23.7 Å². The van der Waals surface area contributed by atoms with Crippen LogP contribution in [0.2, 0.25) is 5.02 Å². The molecule has 1 aliphatic carbocycles. The molecule has 1 aromatic carbocycles. The molecule has 1 saturated heterocycles. The van der Waals surface area contributed by atoms with Gasteiger partial charge >= 0.3 is 5.97 Å². The van der Waals surface area contributed by atoms with E-state index in [4.69, 9.17) is 16.3 Å². The number of amides is 2. The van der Waals surface area contributed by atoms with Gasteiger partial charge < -0.3 is 19.6 Å². The predicted molar refractivity (Wildman–Crippen MR) is 143 cm³/mol. The highest BCUT2D eigenvalue weighted by atomic mass is 35.5. The van der Waals surface area contributed by atoms with Crippen molar-refractivity contribution in [1.29, 1.82) is 0 Å². The zero-order chi connectivity index (χ0) is 29.5. The van der Waals surface area contributed by atoms with E-state index in [-0.39, 0.29) is 36.4 Å². The number of hydrogen-bond acceptors (Lipinski definition) is 6. The maximum absolute atomic E-state index is 14.2. The van der Waals surface area contributed by atoms with E-state index in [0.29, 0.717) is 74.4 Å². The molecule has 1 aromatic heterocycles. The standard InChI is InChI=1S/C28H34ClF2N5O5/c1-3-28(27(39)40)11-4-6-17(28)26(38)36-13-10-16-18(29)8-9-21(23(16)20(36)14-35-12-5-7-22(35)37)41-15-19-24(25(30)31)34(2)33-32-19/h8-9,17,20,25H,3-7,10-15H2,1-2H3,(H,39,40)/t17?,20-,28-/m1/s1. The van der Waals surface area contributed by atoms with Crippen LogP contribution in [-0.2, 0) is 34.5 Å². The summed E-state index contributed by atoms with van der Waals surface area (Å²) in [4.78, 5) is 42.8. The summed E-state index contributed by atoms with van der Waals surface area (Å²) in [5.74, 6) is -1.60. The van der Waals surface area contributed by atoms with Crippen molar-refractivity contribution >= 4 is 29.4 Å². The van der Waals surface area contributed by atoms with Crippen LogP contribution in [0.4, 0.5) is 8.78 Å². The average Bonchev–Trinajstić information content (AvgIpc) is 3.66. The molecule has 3 atom stereocenters. The highest BCUT2D eigenvalue weighted by Crippen LogP contribution is 2.49. The Morgan fingerprint density at radius 3 is 2.68 bits per heavy atom. The van der Waals surface area contributed by atoms with Gasteiger partial charge in [0.2, 0.25) is 11.8 Å². The van der Waals surface area contributed by atoms with Crippen molar-refractivity contribution in [3.63, 3.8) is 0 Å². The fourth-order valence-corrected chi connectivity index (χ4v) is 7.11. The van der Waals surface area contributed by atoms with Crippen molar-refractivity contribution in [1.82, 2.24) is 24.8 Å². The number of carbonyl (C=O) groups excluding carboxylic acids is 2. The summed E-state index contributed by atoms with van der Waals surface area (Å²) in [6.07, 6.45) is 0.594. The Labute approximate surface area is 241 Å². The van der Waals surface area contributed by atoms with Gasteiger partial charge in [-0.15, -0.1) is 5.10 Å². The van der Waals surface area contributed by atoms with Crippen molar-refractivity contribution in [2.45, 2.75) is 70.9 Å². The number of benzene rings is 1. The minimum absolute atomic E-state index is 0.0126. The number of carboxylic acid groups (broad SMARTS) is 1. The van der Waals surface area contributed by atoms with Gasteiger partial charge in [-0.25, -0.2) is 13.5 Å². The Morgan fingerprint density at radius 2 is 2.02 bits per heavy atom. The Kier molecular flexibility index (Phi) is 8.22. The fraction of sp³-hybridized carbons (Fsp3) is 0.607. The number of aliphatic carboxylic acids is 1. The summed E-state index contributed by atoms with van der Waals surface area (Å²) in [5, 5.41) is 18.2. The topological polar surface area (TPSA) is 118 Å². The first-order chi connectivity index (χ1) is 19.6. The largest absolute Gasteiger partial charge is 0.487 e. The van der Waals surface area contributed by atoms with Crippen LogP contribution < -0.4 is 4.74 Å². The maximum atomic E-state index is 14.2. The highest BCUT2D eigenvalue weighted by Gasteiger charge is 2.53. The van der Waals surface area contributed by atoms with Gasteiger partial charge in [-0.2, -0.15) is 0 Å². The Balaban J connectivity index is 1.54. The van der Waals surface area contributed by atoms with Crippen molar-refractivity contribution in [2.75, 3.05) is 19.6 Å². The molecule has 0 bridgehead atoms. The molecule has 2 aliphatic heterocycles. The van der Waals surface area contributed by atoms with Gasteiger partial charge in [-0.3, -0.25) is 14.4 Å². The number of carbonyl (C=O) groups is 3. The third-order valence-electron chi connectivity index (χ3n) is 9.07. The van der Waals surface area contributed by atoms with Crippen LogP contribution in [0.3, 0.4) is 0 Å². The first-order valence-electron chi connectivity index (χ1n) is 14.0. The van der Waals surface area contributed by atoms with E-state index >= 15 is 0 Å². The maximum Gasteiger partial charge on any atom is 0.310 e. The van der Waals surface area contributed by atoms with E-state index in [1.54, 1.807) is 28.9 Å². The number of likely N-dealkylation sites (tertiary alicyclic amines) is 1. The number of ether oxygens (including phenoxy) is 1. The monoisotopic (exact) mass is 593 g/mol. The Morgan fingerprint density at radius 1 is 1.24 bits per heavy atom. The zero-order valence-electron chi connectivity index (χ0n) is 23.1. The summed E-state index contributed by atoms with van der Waals surface area (Å²) in [6, 6.07) is 2.65. The lowest BCUT2D eigenvalue weighted by atomic mass is 9.74. The molecular formula is C28H34ClF2N5O5. The van der Waals surface area contributed by atoms with Crippen molar-refractivity contribution in [3.8, 4) is 5.75 Å². The highest BCUT2D eigenvalue weighted by molar-refractivity contribution is 6.31. The molecule has 41 heavy (non-hydrogen) atoms. The first kappa shape index (κ1) is 29.2. The molecule has 3 heterocycles. The van der Waals surface area contributed by atoms with Gasteiger partial charge in [0.25, 0.3) is 6.43 Å². The molecular weight excluding hydrogens is 560 g/mol. The molecule has 0 spiro atoms. The molecule has 5 rings (SSSR count). The van der Waals surface area contributed by atoms with E-state index in [9.17, 15) is 28.3 Å². The SMILES string of the molecule is CC[C@@]1(C(=O)O)CCCC1C(=O)N1CCc2c(Cl)ccc(OCc3nnn(C)c3C(F)F)c2[C@H]1CN1CCCC1=O. The van der Waals surface area contributed by atoms with Crippen LogP contribution in [0.1, 0.15) is 80.4 Å².